The second kappa shape index (κ2) is 3.22. The molecular weight excluding hydrogens is 176 g/mol. The van der Waals surface area contributed by atoms with E-state index >= 15 is 0 Å². The molecule has 0 saturated carbocycles. The number of fused-ring (bicyclic) bond motifs is 1. The van der Waals surface area contributed by atoms with E-state index in [1.165, 1.54) is 0 Å². The maximum atomic E-state index is 9.72. The molecule has 2 nitrogen and oxygen atoms in total. The van der Waals surface area contributed by atoms with Crippen molar-refractivity contribution in [3.8, 4) is 11.5 Å². The molecule has 14 heavy (non-hydrogen) atoms. The van der Waals surface area contributed by atoms with Gasteiger partial charge in [-0.1, -0.05) is 31.2 Å². The molecule has 0 aliphatic heterocycles. The normalized spacial score (nSPS) is 10.6. The van der Waals surface area contributed by atoms with Crippen molar-refractivity contribution in [1.82, 2.24) is 0 Å². The van der Waals surface area contributed by atoms with Crippen molar-refractivity contribution in [3.05, 3.63) is 35.9 Å². The van der Waals surface area contributed by atoms with Crippen molar-refractivity contribution in [2.45, 2.75) is 13.3 Å². The summed E-state index contributed by atoms with van der Waals surface area (Å²) in [5.41, 5.74) is 0.779. The maximum absolute atomic E-state index is 9.72. The van der Waals surface area contributed by atoms with Crippen LogP contribution in [0.2, 0.25) is 0 Å². The topological polar surface area (TPSA) is 40.5 Å². The Hall–Kier alpha value is -1.70. The molecule has 0 fully saturated rings. The summed E-state index contributed by atoms with van der Waals surface area (Å²) >= 11 is 0. The maximum Gasteiger partial charge on any atom is 0.165 e. The van der Waals surface area contributed by atoms with E-state index in [2.05, 4.69) is 0 Å². The second-order valence-electron chi connectivity index (χ2n) is 3.31. The standard InChI is InChI=1S/C12H12O2/c1-2-8-7-9-5-3-4-6-10(9)12(14)11(8)13/h3-7,13-14H,2H2,1H3. The summed E-state index contributed by atoms with van der Waals surface area (Å²) in [6.07, 6.45) is 0.713. The number of aryl methyl sites for hydroxylation is 1. The summed E-state index contributed by atoms with van der Waals surface area (Å²) in [6, 6.07) is 9.38. The minimum absolute atomic E-state index is 0.00574. The van der Waals surface area contributed by atoms with E-state index in [1.807, 2.05) is 31.2 Å². The highest BCUT2D eigenvalue weighted by Gasteiger charge is 2.09. The van der Waals surface area contributed by atoms with Crippen LogP contribution in [0.25, 0.3) is 10.8 Å². The van der Waals surface area contributed by atoms with Crippen LogP contribution in [0, 0.1) is 0 Å². The van der Waals surface area contributed by atoms with Gasteiger partial charge < -0.3 is 10.2 Å². The Morgan fingerprint density at radius 3 is 2.50 bits per heavy atom. The van der Waals surface area contributed by atoms with Crippen LogP contribution in [0.3, 0.4) is 0 Å². The van der Waals surface area contributed by atoms with E-state index in [9.17, 15) is 10.2 Å². The molecule has 0 unspecified atom stereocenters. The zero-order chi connectivity index (χ0) is 10.1. The van der Waals surface area contributed by atoms with Gasteiger partial charge in [0.25, 0.3) is 0 Å². The summed E-state index contributed by atoms with van der Waals surface area (Å²) < 4.78 is 0. The fourth-order valence-corrected chi connectivity index (χ4v) is 1.64. The second-order valence-corrected chi connectivity index (χ2v) is 3.31. The third-order valence-corrected chi connectivity index (χ3v) is 2.46. The first-order valence-electron chi connectivity index (χ1n) is 4.66. The number of benzene rings is 2. The first-order valence-corrected chi connectivity index (χ1v) is 4.66. The quantitative estimate of drug-likeness (QED) is 0.675. The predicted octanol–water partition coefficient (Wildman–Crippen LogP) is 2.81. The molecule has 0 saturated heterocycles. The molecule has 72 valence electrons. The first kappa shape index (κ1) is 8.88. The number of rotatable bonds is 1. The smallest absolute Gasteiger partial charge is 0.165 e. The van der Waals surface area contributed by atoms with Crippen LogP contribution in [-0.2, 0) is 6.42 Å². The van der Waals surface area contributed by atoms with Crippen LogP contribution >= 0.6 is 0 Å². The van der Waals surface area contributed by atoms with Crippen LogP contribution in [0.5, 0.6) is 11.5 Å². The number of aromatic hydroxyl groups is 2. The lowest BCUT2D eigenvalue weighted by molar-refractivity contribution is 0.404. The van der Waals surface area contributed by atoms with Gasteiger partial charge in [0.15, 0.2) is 11.5 Å². The molecule has 0 bridgehead atoms. The van der Waals surface area contributed by atoms with E-state index in [0.717, 1.165) is 10.9 Å². The van der Waals surface area contributed by atoms with E-state index in [4.69, 9.17) is 0 Å². The van der Waals surface area contributed by atoms with Gasteiger partial charge in [-0.2, -0.15) is 0 Å². The molecule has 2 aromatic rings. The predicted molar refractivity (Wildman–Crippen MR) is 56.7 cm³/mol. The zero-order valence-corrected chi connectivity index (χ0v) is 7.99. The molecule has 0 radical (unpaired) electrons. The van der Waals surface area contributed by atoms with Crippen LogP contribution in [0.1, 0.15) is 12.5 Å². The molecule has 0 aromatic heterocycles. The van der Waals surface area contributed by atoms with Gasteiger partial charge in [-0.25, -0.2) is 0 Å². The van der Waals surface area contributed by atoms with Crippen molar-refractivity contribution >= 4 is 10.8 Å². The highest BCUT2D eigenvalue weighted by molar-refractivity contribution is 5.91. The molecule has 2 heteroatoms. The molecule has 0 amide bonds. The van der Waals surface area contributed by atoms with Crippen molar-refractivity contribution in [2.24, 2.45) is 0 Å². The lowest BCUT2D eigenvalue weighted by atomic mass is 10.0. The lowest BCUT2D eigenvalue weighted by Gasteiger charge is -2.07. The van der Waals surface area contributed by atoms with Gasteiger partial charge in [-0.05, 0) is 23.4 Å². The highest BCUT2D eigenvalue weighted by Crippen LogP contribution is 2.36. The molecule has 0 heterocycles. The van der Waals surface area contributed by atoms with Gasteiger partial charge in [0.2, 0.25) is 0 Å². The van der Waals surface area contributed by atoms with E-state index in [0.29, 0.717) is 11.8 Å². The third-order valence-electron chi connectivity index (χ3n) is 2.46. The minimum atomic E-state index is -0.0139. The third kappa shape index (κ3) is 1.20. The van der Waals surface area contributed by atoms with Gasteiger partial charge in [0.05, 0.1) is 0 Å². The zero-order valence-electron chi connectivity index (χ0n) is 7.99. The van der Waals surface area contributed by atoms with Crippen LogP contribution in [-0.4, -0.2) is 10.2 Å². The molecule has 0 aliphatic carbocycles. The molecular formula is C12H12O2. The number of phenolic OH excluding ortho intramolecular Hbond substituents is 2. The SMILES string of the molecule is CCc1cc2ccccc2c(O)c1O. The van der Waals surface area contributed by atoms with Gasteiger partial charge in [0.1, 0.15) is 0 Å². The lowest BCUT2D eigenvalue weighted by Crippen LogP contribution is -1.84. The van der Waals surface area contributed by atoms with Crippen LogP contribution in [0.15, 0.2) is 30.3 Å². The van der Waals surface area contributed by atoms with E-state index in [-0.39, 0.29) is 11.5 Å². The van der Waals surface area contributed by atoms with Gasteiger partial charge >= 0.3 is 0 Å². The summed E-state index contributed by atoms with van der Waals surface area (Å²) in [6.45, 7) is 1.95. The molecule has 0 aliphatic rings. The van der Waals surface area contributed by atoms with Crippen molar-refractivity contribution < 1.29 is 10.2 Å². The fourth-order valence-electron chi connectivity index (χ4n) is 1.64. The van der Waals surface area contributed by atoms with E-state index < -0.39 is 0 Å². The molecule has 0 atom stereocenters. The highest BCUT2D eigenvalue weighted by atomic mass is 16.3. The van der Waals surface area contributed by atoms with Crippen molar-refractivity contribution in [1.29, 1.82) is 0 Å². The van der Waals surface area contributed by atoms with Gasteiger partial charge in [-0.3, -0.25) is 0 Å². The Morgan fingerprint density at radius 2 is 1.79 bits per heavy atom. The monoisotopic (exact) mass is 188 g/mol. The summed E-state index contributed by atoms with van der Waals surface area (Å²) in [5.74, 6) is -0.00819. The first-order chi connectivity index (χ1) is 6.74. The summed E-state index contributed by atoms with van der Waals surface area (Å²) in [7, 11) is 0. The molecule has 2 aromatic carbocycles. The number of phenols is 2. The largest absolute Gasteiger partial charge is 0.504 e. The van der Waals surface area contributed by atoms with Crippen LogP contribution < -0.4 is 0 Å². The van der Waals surface area contributed by atoms with Crippen molar-refractivity contribution in [2.75, 3.05) is 0 Å². The molecule has 2 rings (SSSR count). The number of hydrogen-bond donors (Lipinski definition) is 2. The summed E-state index contributed by atoms with van der Waals surface area (Å²) in [4.78, 5) is 0. The fraction of sp³-hybridized carbons (Fsp3) is 0.167. The van der Waals surface area contributed by atoms with E-state index in [1.54, 1.807) is 6.07 Å². The molecule has 2 N–H and O–H groups in total. The van der Waals surface area contributed by atoms with Gasteiger partial charge in [0, 0.05) is 5.39 Å². The Morgan fingerprint density at radius 1 is 1.07 bits per heavy atom. The Kier molecular flexibility index (Phi) is 2.04. The molecule has 0 spiro atoms. The average Bonchev–Trinajstić information content (AvgIpc) is 2.23. The Balaban J connectivity index is 2.85. The summed E-state index contributed by atoms with van der Waals surface area (Å²) in [5, 5.41) is 21.0. The van der Waals surface area contributed by atoms with Crippen LogP contribution in [0.4, 0.5) is 0 Å². The minimum Gasteiger partial charge on any atom is -0.504 e. The number of hydrogen-bond acceptors (Lipinski definition) is 2. The van der Waals surface area contributed by atoms with Gasteiger partial charge in [-0.15, -0.1) is 0 Å². The Bertz CT molecular complexity index is 475. The van der Waals surface area contributed by atoms with Crippen molar-refractivity contribution in [3.63, 3.8) is 0 Å². The Labute approximate surface area is 82.4 Å². The average molecular weight is 188 g/mol.